The number of alkyl halides is 3. The molecule has 2 rings (SSSR count). The largest absolute Gasteiger partial charge is 0.461 e. The van der Waals surface area contributed by atoms with Gasteiger partial charge in [0.15, 0.2) is 0 Å². The average Bonchev–Trinajstić information content (AvgIpc) is 2.80. The summed E-state index contributed by atoms with van der Waals surface area (Å²) in [6, 6.07) is 6.09. The quantitative estimate of drug-likeness (QED) is 0.817. The highest BCUT2D eigenvalue weighted by Crippen LogP contribution is 2.30. The van der Waals surface area contributed by atoms with Crippen molar-refractivity contribution in [3.8, 4) is 11.3 Å². The Hall–Kier alpha value is -2.31. The third-order valence-corrected chi connectivity index (χ3v) is 2.87. The number of hydrogen-bond acceptors (Lipinski definition) is 3. The van der Waals surface area contributed by atoms with Crippen LogP contribution in [0.1, 0.15) is 23.0 Å². The third kappa shape index (κ3) is 3.24. The van der Waals surface area contributed by atoms with Crippen LogP contribution >= 0.6 is 0 Å². The maximum Gasteiger partial charge on any atom is 0.416 e. The first-order valence-corrected chi connectivity index (χ1v) is 6.21. The predicted molar refractivity (Wildman–Crippen MR) is 69.6 cm³/mol. The maximum atomic E-state index is 12.5. The molecule has 0 aliphatic heterocycles. The molecule has 21 heavy (non-hydrogen) atoms. The van der Waals surface area contributed by atoms with Crippen molar-refractivity contribution < 1.29 is 22.7 Å². The molecule has 0 aliphatic carbocycles. The standard InChI is InChI=1S/C14H13F3N2O2/c1-3-21-13(20)12-8-11(18-19(12)2)9-4-6-10(7-5-9)14(15,16)17/h4-8H,3H2,1-2H3. The molecule has 1 aromatic heterocycles. The molecule has 0 saturated carbocycles. The highest BCUT2D eigenvalue weighted by molar-refractivity contribution is 5.89. The molecule has 112 valence electrons. The van der Waals surface area contributed by atoms with Gasteiger partial charge in [0.1, 0.15) is 5.69 Å². The van der Waals surface area contributed by atoms with Gasteiger partial charge in [0.2, 0.25) is 0 Å². The van der Waals surface area contributed by atoms with Crippen molar-refractivity contribution in [2.75, 3.05) is 6.61 Å². The Kier molecular flexibility index (Phi) is 4.02. The lowest BCUT2D eigenvalue weighted by Crippen LogP contribution is -2.10. The lowest BCUT2D eigenvalue weighted by Gasteiger charge is -2.06. The Labute approximate surface area is 119 Å². The van der Waals surface area contributed by atoms with E-state index >= 15 is 0 Å². The van der Waals surface area contributed by atoms with Crippen LogP contribution in [0.3, 0.4) is 0 Å². The summed E-state index contributed by atoms with van der Waals surface area (Å²) in [4.78, 5) is 11.7. The summed E-state index contributed by atoms with van der Waals surface area (Å²) in [5.74, 6) is -0.523. The van der Waals surface area contributed by atoms with E-state index in [-0.39, 0.29) is 12.3 Å². The van der Waals surface area contributed by atoms with Crippen LogP contribution < -0.4 is 0 Å². The van der Waals surface area contributed by atoms with Gasteiger partial charge in [0, 0.05) is 12.6 Å². The minimum atomic E-state index is -4.38. The fourth-order valence-corrected chi connectivity index (χ4v) is 1.83. The van der Waals surface area contributed by atoms with Gasteiger partial charge in [0.25, 0.3) is 0 Å². The zero-order valence-corrected chi connectivity index (χ0v) is 11.4. The Balaban J connectivity index is 2.31. The molecule has 0 saturated heterocycles. The molecule has 0 bridgehead atoms. The van der Waals surface area contributed by atoms with Crippen molar-refractivity contribution >= 4 is 5.97 Å². The van der Waals surface area contributed by atoms with Crippen molar-refractivity contribution in [3.05, 3.63) is 41.6 Å². The molecule has 0 radical (unpaired) electrons. The van der Waals surface area contributed by atoms with E-state index in [0.29, 0.717) is 11.3 Å². The zero-order chi connectivity index (χ0) is 15.6. The van der Waals surface area contributed by atoms with Gasteiger partial charge >= 0.3 is 12.1 Å². The minimum absolute atomic E-state index is 0.236. The first-order valence-electron chi connectivity index (χ1n) is 6.21. The van der Waals surface area contributed by atoms with Crippen molar-refractivity contribution in [3.63, 3.8) is 0 Å². The van der Waals surface area contributed by atoms with Gasteiger partial charge in [-0.25, -0.2) is 4.79 Å². The molecule has 0 amide bonds. The number of carbonyl (C=O) groups excluding carboxylic acids is 1. The normalized spacial score (nSPS) is 11.5. The van der Waals surface area contributed by atoms with Gasteiger partial charge in [-0.05, 0) is 25.1 Å². The van der Waals surface area contributed by atoms with E-state index in [0.717, 1.165) is 12.1 Å². The molecule has 0 aliphatic rings. The average molecular weight is 298 g/mol. The summed E-state index contributed by atoms with van der Waals surface area (Å²) in [5.41, 5.74) is 0.419. The van der Waals surface area contributed by atoms with Crippen LogP contribution in [0.5, 0.6) is 0 Å². The number of hydrogen-bond donors (Lipinski definition) is 0. The molecule has 2 aromatic rings. The van der Waals surface area contributed by atoms with Gasteiger partial charge in [-0.2, -0.15) is 18.3 Å². The lowest BCUT2D eigenvalue weighted by molar-refractivity contribution is -0.137. The van der Waals surface area contributed by atoms with Gasteiger partial charge in [-0.1, -0.05) is 12.1 Å². The summed E-state index contributed by atoms with van der Waals surface area (Å²) < 4.78 is 43.7. The van der Waals surface area contributed by atoms with Crippen LogP contribution in [0.15, 0.2) is 30.3 Å². The number of carbonyl (C=O) groups is 1. The number of esters is 1. The molecular formula is C14H13F3N2O2. The molecule has 0 atom stereocenters. The molecular weight excluding hydrogens is 285 g/mol. The SMILES string of the molecule is CCOC(=O)c1cc(-c2ccc(C(F)(F)F)cc2)nn1C. The Bertz CT molecular complexity index is 645. The Morgan fingerprint density at radius 1 is 1.29 bits per heavy atom. The fraction of sp³-hybridized carbons (Fsp3) is 0.286. The topological polar surface area (TPSA) is 44.1 Å². The highest BCUT2D eigenvalue weighted by Gasteiger charge is 2.30. The van der Waals surface area contributed by atoms with Crippen molar-refractivity contribution in [1.82, 2.24) is 9.78 Å². The van der Waals surface area contributed by atoms with Gasteiger partial charge < -0.3 is 4.74 Å². The molecule has 0 N–H and O–H groups in total. The summed E-state index contributed by atoms with van der Waals surface area (Å²) in [6.07, 6.45) is -4.38. The minimum Gasteiger partial charge on any atom is -0.461 e. The summed E-state index contributed by atoms with van der Waals surface area (Å²) in [5, 5.41) is 4.11. The first-order chi connectivity index (χ1) is 9.82. The predicted octanol–water partition coefficient (Wildman–Crippen LogP) is 3.28. The van der Waals surface area contributed by atoms with E-state index < -0.39 is 17.7 Å². The Morgan fingerprint density at radius 2 is 1.90 bits per heavy atom. The fourth-order valence-electron chi connectivity index (χ4n) is 1.83. The number of ether oxygens (including phenoxy) is 1. The van der Waals surface area contributed by atoms with Crippen LogP contribution in [-0.2, 0) is 18.0 Å². The summed E-state index contributed by atoms with van der Waals surface area (Å²) in [7, 11) is 1.57. The molecule has 4 nitrogen and oxygen atoms in total. The lowest BCUT2D eigenvalue weighted by atomic mass is 10.1. The summed E-state index contributed by atoms with van der Waals surface area (Å²) in [6.45, 7) is 1.92. The van der Waals surface area contributed by atoms with E-state index in [4.69, 9.17) is 4.74 Å². The molecule has 7 heteroatoms. The molecule has 1 aromatic carbocycles. The van der Waals surface area contributed by atoms with E-state index in [1.165, 1.54) is 22.9 Å². The first kappa shape index (κ1) is 15.1. The van der Waals surface area contributed by atoms with Crippen LogP contribution in [0.2, 0.25) is 0 Å². The molecule has 0 fully saturated rings. The summed E-state index contributed by atoms with van der Waals surface area (Å²) >= 11 is 0. The monoisotopic (exact) mass is 298 g/mol. The number of benzene rings is 1. The number of halogens is 3. The van der Waals surface area contributed by atoms with Crippen LogP contribution in [0.25, 0.3) is 11.3 Å². The Morgan fingerprint density at radius 3 is 2.43 bits per heavy atom. The molecule has 0 unspecified atom stereocenters. The maximum absolute atomic E-state index is 12.5. The van der Waals surface area contributed by atoms with Crippen molar-refractivity contribution in [2.24, 2.45) is 7.05 Å². The van der Waals surface area contributed by atoms with E-state index in [2.05, 4.69) is 5.10 Å². The van der Waals surface area contributed by atoms with Crippen LogP contribution in [-0.4, -0.2) is 22.4 Å². The van der Waals surface area contributed by atoms with Crippen molar-refractivity contribution in [1.29, 1.82) is 0 Å². The van der Waals surface area contributed by atoms with Gasteiger partial charge in [-0.3, -0.25) is 4.68 Å². The number of aryl methyl sites for hydroxylation is 1. The van der Waals surface area contributed by atoms with E-state index in [9.17, 15) is 18.0 Å². The second-order valence-electron chi connectivity index (χ2n) is 4.33. The third-order valence-electron chi connectivity index (χ3n) is 2.87. The molecule has 1 heterocycles. The molecule has 0 spiro atoms. The number of aromatic nitrogens is 2. The van der Waals surface area contributed by atoms with E-state index in [1.807, 2.05) is 0 Å². The van der Waals surface area contributed by atoms with Crippen LogP contribution in [0.4, 0.5) is 13.2 Å². The smallest absolute Gasteiger partial charge is 0.416 e. The highest BCUT2D eigenvalue weighted by atomic mass is 19.4. The van der Waals surface area contributed by atoms with Gasteiger partial charge in [0.05, 0.1) is 17.9 Å². The zero-order valence-electron chi connectivity index (χ0n) is 11.4. The van der Waals surface area contributed by atoms with Crippen molar-refractivity contribution in [2.45, 2.75) is 13.1 Å². The second-order valence-corrected chi connectivity index (χ2v) is 4.33. The number of nitrogens with zero attached hydrogens (tertiary/aromatic N) is 2. The van der Waals surface area contributed by atoms with Crippen LogP contribution in [0, 0.1) is 0 Å². The van der Waals surface area contributed by atoms with E-state index in [1.54, 1.807) is 14.0 Å². The number of rotatable bonds is 3. The second kappa shape index (κ2) is 5.59. The van der Waals surface area contributed by atoms with Gasteiger partial charge in [-0.15, -0.1) is 0 Å².